The predicted octanol–water partition coefficient (Wildman–Crippen LogP) is 3.62. The van der Waals surface area contributed by atoms with E-state index in [2.05, 4.69) is 21.2 Å². The fourth-order valence-corrected chi connectivity index (χ4v) is 5.21. The standard InChI is InChI=1S/C28H32BrN3O6S/c1-30-28(34)25(16-20-8-6-5-7-9-20)31(18-21-10-12-22(29)13-11-21)27(33)19-32(39(4,35)36)24-15-14-23(37-2)17-26(24)38-3/h5-15,17,25H,16,18-19H2,1-4H3,(H,30,34). The van der Waals surface area contributed by atoms with E-state index in [4.69, 9.17) is 9.47 Å². The van der Waals surface area contributed by atoms with Crippen molar-refractivity contribution in [3.05, 3.63) is 88.4 Å². The molecule has 0 fully saturated rings. The van der Waals surface area contributed by atoms with Crippen LogP contribution >= 0.6 is 15.9 Å². The lowest BCUT2D eigenvalue weighted by Crippen LogP contribution is -2.52. The molecule has 0 aromatic heterocycles. The number of nitrogens with one attached hydrogen (secondary N) is 1. The Morgan fingerprint density at radius 1 is 0.949 bits per heavy atom. The molecule has 3 aromatic carbocycles. The van der Waals surface area contributed by atoms with E-state index in [1.807, 2.05) is 54.6 Å². The summed E-state index contributed by atoms with van der Waals surface area (Å²) in [4.78, 5) is 28.6. The van der Waals surface area contributed by atoms with Crippen molar-refractivity contribution in [1.29, 1.82) is 0 Å². The molecule has 0 aliphatic carbocycles. The molecule has 9 nitrogen and oxygen atoms in total. The molecule has 0 bridgehead atoms. The van der Waals surface area contributed by atoms with Crippen LogP contribution in [0.3, 0.4) is 0 Å². The Hall–Kier alpha value is -3.57. The third-order valence-electron chi connectivity index (χ3n) is 6.12. The molecule has 2 amide bonds. The molecule has 11 heteroatoms. The van der Waals surface area contributed by atoms with Gasteiger partial charge in [0.2, 0.25) is 21.8 Å². The maximum absolute atomic E-state index is 14.0. The zero-order chi connectivity index (χ0) is 28.6. The second-order valence-electron chi connectivity index (χ2n) is 8.78. The lowest BCUT2D eigenvalue weighted by Gasteiger charge is -2.33. The van der Waals surface area contributed by atoms with Crippen molar-refractivity contribution in [3.63, 3.8) is 0 Å². The topological polar surface area (TPSA) is 105 Å². The van der Waals surface area contributed by atoms with Gasteiger partial charge in [-0.2, -0.15) is 0 Å². The Morgan fingerprint density at radius 2 is 1.62 bits per heavy atom. The van der Waals surface area contributed by atoms with Crippen molar-refractivity contribution in [2.24, 2.45) is 0 Å². The third kappa shape index (κ3) is 7.96. The van der Waals surface area contributed by atoms with Gasteiger partial charge >= 0.3 is 0 Å². The average molecular weight is 619 g/mol. The number of ether oxygens (including phenoxy) is 2. The smallest absolute Gasteiger partial charge is 0.244 e. The van der Waals surface area contributed by atoms with E-state index in [9.17, 15) is 18.0 Å². The molecule has 3 aromatic rings. The Morgan fingerprint density at radius 3 is 2.18 bits per heavy atom. The van der Waals surface area contributed by atoms with E-state index in [-0.39, 0.29) is 30.3 Å². The zero-order valence-electron chi connectivity index (χ0n) is 22.3. The molecule has 0 saturated heterocycles. The summed E-state index contributed by atoms with van der Waals surface area (Å²) >= 11 is 3.41. The van der Waals surface area contributed by atoms with Crippen molar-refractivity contribution in [2.75, 3.05) is 38.4 Å². The summed E-state index contributed by atoms with van der Waals surface area (Å²) in [5, 5.41) is 2.66. The largest absolute Gasteiger partial charge is 0.497 e. The van der Waals surface area contributed by atoms with E-state index >= 15 is 0 Å². The molecule has 39 heavy (non-hydrogen) atoms. The van der Waals surface area contributed by atoms with E-state index in [0.29, 0.717) is 5.75 Å². The first-order valence-electron chi connectivity index (χ1n) is 12.1. The maximum atomic E-state index is 14.0. The first-order chi connectivity index (χ1) is 18.6. The summed E-state index contributed by atoms with van der Waals surface area (Å²) in [5.74, 6) is -0.225. The van der Waals surface area contributed by atoms with Crippen LogP contribution in [-0.2, 0) is 32.6 Å². The number of anilines is 1. The Kier molecular flexibility index (Phi) is 10.4. The van der Waals surface area contributed by atoms with Gasteiger partial charge in [-0.1, -0.05) is 58.4 Å². The van der Waals surface area contributed by atoms with Crippen molar-refractivity contribution in [2.45, 2.75) is 19.0 Å². The molecule has 0 saturated carbocycles. The number of likely N-dealkylation sites (N-methyl/N-ethyl adjacent to an activating group) is 1. The molecule has 0 heterocycles. The molecule has 0 aliphatic rings. The first kappa shape index (κ1) is 30.0. The fourth-order valence-electron chi connectivity index (χ4n) is 4.09. The average Bonchev–Trinajstić information content (AvgIpc) is 2.93. The van der Waals surface area contributed by atoms with Crippen LogP contribution in [0, 0.1) is 0 Å². The molecule has 208 valence electrons. The van der Waals surface area contributed by atoms with Gasteiger partial charge in [0.05, 0.1) is 26.2 Å². The molecular formula is C28H32BrN3O6S. The summed E-state index contributed by atoms with van der Waals surface area (Å²) in [7, 11) is 0.467. The highest BCUT2D eigenvalue weighted by Gasteiger charge is 2.33. The van der Waals surface area contributed by atoms with E-state index in [0.717, 1.165) is 26.2 Å². The second kappa shape index (κ2) is 13.5. The summed E-state index contributed by atoms with van der Waals surface area (Å²) in [6.07, 6.45) is 1.26. The van der Waals surface area contributed by atoms with Crippen LogP contribution < -0.4 is 19.1 Å². The fraction of sp³-hybridized carbons (Fsp3) is 0.286. The Balaban J connectivity index is 2.06. The number of hydrogen-bond acceptors (Lipinski definition) is 6. The number of carbonyl (C=O) groups is 2. The first-order valence-corrected chi connectivity index (χ1v) is 14.7. The Bertz CT molecular complexity index is 1380. The van der Waals surface area contributed by atoms with Crippen LogP contribution in [0.25, 0.3) is 0 Å². The highest BCUT2D eigenvalue weighted by molar-refractivity contribution is 9.10. The van der Waals surface area contributed by atoms with Crippen LogP contribution in [-0.4, -0.2) is 65.2 Å². The second-order valence-corrected chi connectivity index (χ2v) is 11.6. The van der Waals surface area contributed by atoms with Crippen LogP contribution in [0.1, 0.15) is 11.1 Å². The number of amides is 2. The lowest BCUT2D eigenvalue weighted by molar-refractivity contribution is -0.139. The molecule has 0 spiro atoms. The monoisotopic (exact) mass is 617 g/mol. The highest BCUT2D eigenvalue weighted by Crippen LogP contribution is 2.33. The van der Waals surface area contributed by atoms with Gasteiger partial charge in [-0.3, -0.25) is 13.9 Å². The molecule has 1 atom stereocenters. The number of benzene rings is 3. The van der Waals surface area contributed by atoms with Gasteiger partial charge in [-0.05, 0) is 35.4 Å². The molecule has 0 radical (unpaired) electrons. The number of sulfonamides is 1. The SMILES string of the molecule is CNC(=O)C(Cc1ccccc1)N(Cc1ccc(Br)cc1)C(=O)CN(c1ccc(OC)cc1OC)S(C)(=O)=O. The van der Waals surface area contributed by atoms with Gasteiger partial charge in [0, 0.05) is 30.6 Å². The quantitative estimate of drug-likeness (QED) is 0.333. The van der Waals surface area contributed by atoms with Crippen LogP contribution in [0.2, 0.25) is 0 Å². The van der Waals surface area contributed by atoms with Crippen molar-refractivity contribution < 1.29 is 27.5 Å². The molecular weight excluding hydrogens is 586 g/mol. The zero-order valence-corrected chi connectivity index (χ0v) is 24.7. The van der Waals surface area contributed by atoms with Crippen LogP contribution in [0.15, 0.2) is 77.3 Å². The predicted molar refractivity (Wildman–Crippen MR) is 154 cm³/mol. The minimum atomic E-state index is -3.93. The molecule has 0 aliphatic heterocycles. The van der Waals surface area contributed by atoms with Gasteiger partial charge in [-0.15, -0.1) is 0 Å². The summed E-state index contributed by atoms with van der Waals surface area (Å²) in [6.45, 7) is -0.450. The molecule has 1 N–H and O–H groups in total. The van der Waals surface area contributed by atoms with Crippen molar-refractivity contribution in [1.82, 2.24) is 10.2 Å². The van der Waals surface area contributed by atoms with Gasteiger partial charge < -0.3 is 19.7 Å². The normalized spacial score (nSPS) is 11.8. The highest BCUT2D eigenvalue weighted by atomic mass is 79.9. The maximum Gasteiger partial charge on any atom is 0.244 e. The summed E-state index contributed by atoms with van der Waals surface area (Å²) in [6, 6.07) is 20.5. The van der Waals surface area contributed by atoms with Crippen LogP contribution in [0.5, 0.6) is 11.5 Å². The molecule has 1 unspecified atom stereocenters. The van der Waals surface area contributed by atoms with E-state index in [1.165, 1.54) is 32.2 Å². The van der Waals surface area contributed by atoms with Gasteiger partial charge in [-0.25, -0.2) is 8.42 Å². The number of rotatable bonds is 12. The van der Waals surface area contributed by atoms with Crippen molar-refractivity contribution in [3.8, 4) is 11.5 Å². The number of halogens is 1. The number of methoxy groups -OCH3 is 2. The minimum absolute atomic E-state index is 0.0916. The Labute approximate surface area is 237 Å². The van der Waals surface area contributed by atoms with Gasteiger partial charge in [0.1, 0.15) is 24.1 Å². The van der Waals surface area contributed by atoms with Crippen molar-refractivity contribution >= 4 is 43.5 Å². The lowest BCUT2D eigenvalue weighted by atomic mass is 10.0. The van der Waals surface area contributed by atoms with Gasteiger partial charge in [0.15, 0.2) is 0 Å². The number of nitrogens with zero attached hydrogens (tertiary/aromatic N) is 2. The molecule has 3 rings (SSSR count). The number of hydrogen-bond donors (Lipinski definition) is 1. The van der Waals surface area contributed by atoms with E-state index in [1.54, 1.807) is 12.1 Å². The summed E-state index contributed by atoms with van der Waals surface area (Å²) < 4.78 is 38.4. The van der Waals surface area contributed by atoms with Gasteiger partial charge in [0.25, 0.3) is 0 Å². The third-order valence-corrected chi connectivity index (χ3v) is 7.77. The van der Waals surface area contributed by atoms with Crippen LogP contribution in [0.4, 0.5) is 5.69 Å². The minimum Gasteiger partial charge on any atom is -0.497 e. The number of carbonyl (C=O) groups excluding carboxylic acids is 2. The summed E-state index contributed by atoms with van der Waals surface area (Å²) in [5.41, 5.74) is 1.82. The van der Waals surface area contributed by atoms with E-state index < -0.39 is 28.5 Å².